The summed E-state index contributed by atoms with van der Waals surface area (Å²) in [6, 6.07) is 15.4. The number of anilines is 1. The number of benzene rings is 2. The van der Waals surface area contributed by atoms with E-state index in [9.17, 15) is 9.59 Å². The predicted molar refractivity (Wildman–Crippen MR) is 119 cm³/mol. The van der Waals surface area contributed by atoms with Crippen molar-refractivity contribution >= 4 is 35.0 Å². The molecule has 0 spiro atoms. The molecule has 1 aromatic heterocycles. The van der Waals surface area contributed by atoms with Gasteiger partial charge in [0.15, 0.2) is 5.16 Å². The molecule has 0 saturated carbocycles. The van der Waals surface area contributed by atoms with Gasteiger partial charge in [-0.2, -0.15) is 0 Å². The van der Waals surface area contributed by atoms with Crippen LogP contribution in [0.2, 0.25) is 5.02 Å². The number of nitrogens with zero attached hydrogens (tertiary/aromatic N) is 1. The van der Waals surface area contributed by atoms with E-state index < -0.39 is 0 Å². The van der Waals surface area contributed by atoms with E-state index in [1.165, 1.54) is 11.8 Å². The number of aromatic amines is 1. The summed E-state index contributed by atoms with van der Waals surface area (Å²) >= 11 is 7.57. The molecular weight excluding hydrogens is 406 g/mol. The Morgan fingerprint density at radius 1 is 1.14 bits per heavy atom. The standard InChI is InChI=1S/C22H22ClN3O2S/c1-14-18(23)9-6-10-19(14)25-20(27)12-11-17-15(2)24-22(26-21(17)28)29-13-16-7-4-3-5-8-16/h3-10H,11-13H2,1-2H3,(H,25,27)(H,24,26,28). The maximum Gasteiger partial charge on any atom is 0.254 e. The fraction of sp³-hybridized carbons (Fsp3) is 0.227. The van der Waals surface area contributed by atoms with Gasteiger partial charge in [0.1, 0.15) is 0 Å². The van der Waals surface area contributed by atoms with Gasteiger partial charge >= 0.3 is 0 Å². The highest BCUT2D eigenvalue weighted by Gasteiger charge is 2.12. The molecule has 3 rings (SSSR count). The molecule has 0 aliphatic carbocycles. The minimum Gasteiger partial charge on any atom is -0.326 e. The van der Waals surface area contributed by atoms with E-state index in [-0.39, 0.29) is 17.9 Å². The number of hydrogen-bond acceptors (Lipinski definition) is 4. The Bertz CT molecular complexity index is 1070. The second-order valence-corrected chi connectivity index (χ2v) is 8.04. The number of carbonyl (C=O) groups excluding carboxylic acids is 1. The van der Waals surface area contributed by atoms with Crippen LogP contribution in [0.5, 0.6) is 0 Å². The Hall–Kier alpha value is -2.57. The van der Waals surface area contributed by atoms with E-state index in [1.54, 1.807) is 25.1 Å². The topological polar surface area (TPSA) is 74.8 Å². The number of aromatic nitrogens is 2. The quantitative estimate of drug-likeness (QED) is 0.415. The summed E-state index contributed by atoms with van der Waals surface area (Å²) < 4.78 is 0. The van der Waals surface area contributed by atoms with Gasteiger partial charge in [0.2, 0.25) is 5.91 Å². The maximum absolute atomic E-state index is 12.5. The summed E-state index contributed by atoms with van der Waals surface area (Å²) in [4.78, 5) is 32.1. The molecule has 3 aromatic rings. The fourth-order valence-electron chi connectivity index (χ4n) is 2.87. The molecule has 0 aliphatic heterocycles. The van der Waals surface area contributed by atoms with Gasteiger partial charge in [0.25, 0.3) is 5.56 Å². The van der Waals surface area contributed by atoms with Gasteiger partial charge in [-0.15, -0.1) is 0 Å². The number of thioether (sulfide) groups is 1. The van der Waals surface area contributed by atoms with Crippen LogP contribution in [0.4, 0.5) is 5.69 Å². The normalized spacial score (nSPS) is 10.7. The van der Waals surface area contributed by atoms with Crippen molar-refractivity contribution in [3.05, 3.63) is 86.3 Å². The number of H-pyrrole nitrogens is 1. The highest BCUT2D eigenvalue weighted by molar-refractivity contribution is 7.98. The lowest BCUT2D eigenvalue weighted by Gasteiger charge is -2.10. The summed E-state index contributed by atoms with van der Waals surface area (Å²) in [7, 11) is 0. The van der Waals surface area contributed by atoms with E-state index in [4.69, 9.17) is 11.6 Å². The molecule has 0 unspecified atom stereocenters. The minimum atomic E-state index is -0.195. The van der Waals surface area contributed by atoms with Crippen molar-refractivity contribution in [3.8, 4) is 0 Å². The first kappa shape index (κ1) is 21.1. The van der Waals surface area contributed by atoms with E-state index >= 15 is 0 Å². The van der Waals surface area contributed by atoms with Gasteiger partial charge in [0.05, 0.1) is 0 Å². The summed E-state index contributed by atoms with van der Waals surface area (Å²) in [5, 5.41) is 4.03. The molecule has 150 valence electrons. The summed E-state index contributed by atoms with van der Waals surface area (Å²) in [6.07, 6.45) is 0.511. The maximum atomic E-state index is 12.5. The number of aryl methyl sites for hydroxylation is 1. The number of carbonyl (C=O) groups is 1. The van der Waals surface area contributed by atoms with E-state index in [2.05, 4.69) is 15.3 Å². The zero-order valence-electron chi connectivity index (χ0n) is 16.3. The third-order valence-electron chi connectivity index (χ3n) is 4.56. The van der Waals surface area contributed by atoms with E-state index in [0.29, 0.717) is 33.5 Å². The van der Waals surface area contributed by atoms with Gasteiger partial charge in [-0.1, -0.05) is 59.8 Å². The molecule has 0 atom stereocenters. The largest absolute Gasteiger partial charge is 0.326 e. The van der Waals surface area contributed by atoms with Gasteiger partial charge in [0, 0.05) is 34.1 Å². The van der Waals surface area contributed by atoms with Crippen molar-refractivity contribution in [1.82, 2.24) is 9.97 Å². The average molecular weight is 428 g/mol. The third-order valence-corrected chi connectivity index (χ3v) is 5.92. The number of hydrogen-bond donors (Lipinski definition) is 2. The molecule has 0 radical (unpaired) electrons. The molecule has 0 bridgehead atoms. The van der Waals surface area contributed by atoms with Crippen LogP contribution in [-0.2, 0) is 17.0 Å². The number of rotatable bonds is 7. The Morgan fingerprint density at radius 3 is 2.62 bits per heavy atom. The molecule has 1 heterocycles. The first-order chi connectivity index (χ1) is 13.9. The molecule has 2 aromatic carbocycles. The lowest BCUT2D eigenvalue weighted by atomic mass is 10.1. The molecule has 0 aliphatic rings. The van der Waals surface area contributed by atoms with E-state index in [0.717, 1.165) is 16.9 Å². The summed E-state index contributed by atoms with van der Waals surface area (Å²) in [6.45, 7) is 3.65. The predicted octanol–water partition coefficient (Wildman–Crippen LogP) is 4.90. The zero-order valence-corrected chi connectivity index (χ0v) is 17.9. The first-order valence-corrected chi connectivity index (χ1v) is 10.6. The van der Waals surface area contributed by atoms with Crippen molar-refractivity contribution in [2.24, 2.45) is 0 Å². The molecule has 0 fully saturated rings. The van der Waals surface area contributed by atoms with Crippen LogP contribution < -0.4 is 10.9 Å². The van der Waals surface area contributed by atoms with Gasteiger partial charge in [-0.25, -0.2) is 4.98 Å². The molecule has 0 saturated heterocycles. The third kappa shape index (κ3) is 5.71. The van der Waals surface area contributed by atoms with Crippen LogP contribution in [-0.4, -0.2) is 15.9 Å². The van der Waals surface area contributed by atoms with Crippen molar-refractivity contribution in [2.75, 3.05) is 5.32 Å². The molecule has 29 heavy (non-hydrogen) atoms. The molecule has 1 amide bonds. The molecule has 7 heteroatoms. The van der Waals surface area contributed by atoms with Gasteiger partial charge < -0.3 is 10.3 Å². The lowest BCUT2D eigenvalue weighted by molar-refractivity contribution is -0.116. The zero-order chi connectivity index (χ0) is 20.8. The average Bonchev–Trinajstić information content (AvgIpc) is 2.70. The second kappa shape index (κ2) is 9.76. The lowest BCUT2D eigenvalue weighted by Crippen LogP contribution is -2.20. The fourth-order valence-corrected chi connectivity index (χ4v) is 3.90. The smallest absolute Gasteiger partial charge is 0.254 e. The van der Waals surface area contributed by atoms with Crippen molar-refractivity contribution in [1.29, 1.82) is 0 Å². The van der Waals surface area contributed by atoms with Gasteiger partial charge in [-0.05, 0) is 43.5 Å². The highest BCUT2D eigenvalue weighted by atomic mass is 35.5. The molecular formula is C22H22ClN3O2S. The van der Waals surface area contributed by atoms with Crippen molar-refractivity contribution < 1.29 is 4.79 Å². The highest BCUT2D eigenvalue weighted by Crippen LogP contribution is 2.23. The second-order valence-electron chi connectivity index (χ2n) is 6.67. The van der Waals surface area contributed by atoms with Crippen LogP contribution in [0.15, 0.2) is 58.5 Å². The number of halogens is 1. The minimum absolute atomic E-state index is 0.170. The Morgan fingerprint density at radius 2 is 1.90 bits per heavy atom. The van der Waals surface area contributed by atoms with Crippen LogP contribution in [0, 0.1) is 13.8 Å². The Balaban J connectivity index is 1.61. The monoisotopic (exact) mass is 427 g/mol. The van der Waals surface area contributed by atoms with Crippen molar-refractivity contribution in [2.45, 2.75) is 37.6 Å². The Kier molecular flexibility index (Phi) is 7.12. The van der Waals surface area contributed by atoms with Crippen LogP contribution in [0.1, 0.15) is 28.8 Å². The van der Waals surface area contributed by atoms with E-state index in [1.807, 2.05) is 37.3 Å². The summed E-state index contributed by atoms with van der Waals surface area (Å²) in [5.74, 6) is 0.556. The number of nitrogens with one attached hydrogen (secondary N) is 2. The molecule has 5 nitrogen and oxygen atoms in total. The SMILES string of the molecule is Cc1nc(SCc2ccccc2)[nH]c(=O)c1CCC(=O)Nc1cccc(Cl)c1C. The van der Waals surface area contributed by atoms with Crippen LogP contribution in [0.3, 0.4) is 0 Å². The Labute approximate surface area is 178 Å². The van der Waals surface area contributed by atoms with Crippen LogP contribution in [0.25, 0.3) is 0 Å². The molecule has 2 N–H and O–H groups in total. The number of amides is 1. The van der Waals surface area contributed by atoms with Gasteiger partial charge in [-0.3, -0.25) is 9.59 Å². The van der Waals surface area contributed by atoms with Crippen molar-refractivity contribution in [3.63, 3.8) is 0 Å². The first-order valence-electron chi connectivity index (χ1n) is 9.25. The van der Waals surface area contributed by atoms with Crippen LogP contribution >= 0.6 is 23.4 Å². The summed E-state index contributed by atoms with van der Waals surface area (Å²) in [5.41, 5.74) is 3.65.